The molecule has 0 aromatic rings. The molecule has 3 N–H and O–H groups in total. The van der Waals surface area contributed by atoms with E-state index in [9.17, 15) is 14.7 Å². The van der Waals surface area contributed by atoms with E-state index in [1.54, 1.807) is 0 Å². The Hall–Kier alpha value is -1.10. The SMILES string of the molecule is CC(C)(O)CNC(=O)C(C)(C)C(=O)O. The first-order chi connectivity index (χ1) is 6.07. The second-order valence-electron chi connectivity index (χ2n) is 4.43. The molecule has 82 valence electrons. The number of carbonyl (C=O) groups is 2. The lowest BCUT2D eigenvalue weighted by Crippen LogP contribution is -2.47. The smallest absolute Gasteiger partial charge is 0.318 e. The average Bonchev–Trinajstić information content (AvgIpc) is 1.98. The van der Waals surface area contributed by atoms with Crippen molar-refractivity contribution >= 4 is 11.9 Å². The van der Waals surface area contributed by atoms with Crippen LogP contribution in [0.15, 0.2) is 0 Å². The van der Waals surface area contributed by atoms with E-state index in [1.807, 2.05) is 0 Å². The van der Waals surface area contributed by atoms with Gasteiger partial charge in [-0.2, -0.15) is 0 Å². The maximum Gasteiger partial charge on any atom is 0.318 e. The number of amides is 1. The van der Waals surface area contributed by atoms with Gasteiger partial charge in [0, 0.05) is 6.54 Å². The van der Waals surface area contributed by atoms with Crippen LogP contribution in [0.25, 0.3) is 0 Å². The van der Waals surface area contributed by atoms with Crippen molar-refractivity contribution in [3.63, 3.8) is 0 Å². The first kappa shape index (κ1) is 12.9. The highest BCUT2D eigenvalue weighted by molar-refractivity contribution is 6.00. The monoisotopic (exact) mass is 203 g/mol. The standard InChI is InChI=1S/C9H17NO4/c1-8(2,14)5-10-6(11)9(3,4)7(12)13/h14H,5H2,1-4H3,(H,10,11)(H,12,13). The summed E-state index contributed by atoms with van der Waals surface area (Å²) in [5.41, 5.74) is -2.50. The van der Waals surface area contributed by atoms with E-state index in [1.165, 1.54) is 27.7 Å². The van der Waals surface area contributed by atoms with Crippen LogP contribution in [0.1, 0.15) is 27.7 Å². The van der Waals surface area contributed by atoms with Gasteiger partial charge >= 0.3 is 5.97 Å². The Bertz CT molecular complexity index is 240. The van der Waals surface area contributed by atoms with Crippen LogP contribution in [-0.2, 0) is 9.59 Å². The Balaban J connectivity index is 4.30. The van der Waals surface area contributed by atoms with Crippen molar-refractivity contribution in [3.05, 3.63) is 0 Å². The van der Waals surface area contributed by atoms with E-state index in [0.29, 0.717) is 0 Å². The van der Waals surface area contributed by atoms with Gasteiger partial charge in [0.2, 0.25) is 5.91 Å². The summed E-state index contributed by atoms with van der Waals surface area (Å²) >= 11 is 0. The van der Waals surface area contributed by atoms with Crippen LogP contribution >= 0.6 is 0 Å². The summed E-state index contributed by atoms with van der Waals surface area (Å²) in [6, 6.07) is 0. The lowest BCUT2D eigenvalue weighted by molar-refractivity contribution is -0.153. The van der Waals surface area contributed by atoms with Crippen LogP contribution in [0.5, 0.6) is 0 Å². The van der Waals surface area contributed by atoms with Crippen molar-refractivity contribution in [1.82, 2.24) is 5.32 Å². The summed E-state index contributed by atoms with van der Waals surface area (Å²) in [7, 11) is 0. The summed E-state index contributed by atoms with van der Waals surface area (Å²) in [6.07, 6.45) is 0. The molecule has 0 aliphatic rings. The molecule has 0 fully saturated rings. The maximum atomic E-state index is 11.3. The fraction of sp³-hybridized carbons (Fsp3) is 0.778. The number of aliphatic carboxylic acids is 1. The minimum atomic E-state index is -1.47. The predicted octanol–water partition coefficient (Wildman–Crippen LogP) is -0.0157. The molecule has 0 bridgehead atoms. The highest BCUT2D eigenvalue weighted by Gasteiger charge is 2.36. The fourth-order valence-corrected chi connectivity index (χ4v) is 0.615. The van der Waals surface area contributed by atoms with Gasteiger partial charge in [0.15, 0.2) is 0 Å². The van der Waals surface area contributed by atoms with Crippen molar-refractivity contribution in [1.29, 1.82) is 0 Å². The lowest BCUT2D eigenvalue weighted by Gasteiger charge is -2.22. The molecule has 14 heavy (non-hydrogen) atoms. The molecule has 5 nitrogen and oxygen atoms in total. The number of hydrogen-bond acceptors (Lipinski definition) is 3. The molecular formula is C9H17NO4. The van der Waals surface area contributed by atoms with Gasteiger partial charge in [0.25, 0.3) is 0 Å². The molecule has 0 spiro atoms. The fourth-order valence-electron chi connectivity index (χ4n) is 0.615. The number of rotatable bonds is 4. The zero-order valence-corrected chi connectivity index (χ0v) is 8.92. The van der Waals surface area contributed by atoms with Crippen LogP contribution in [0.3, 0.4) is 0 Å². The van der Waals surface area contributed by atoms with Crippen molar-refractivity contribution in [2.75, 3.05) is 6.54 Å². The Morgan fingerprint density at radius 2 is 1.64 bits per heavy atom. The first-order valence-electron chi connectivity index (χ1n) is 4.31. The molecule has 0 heterocycles. The van der Waals surface area contributed by atoms with Gasteiger partial charge in [0.05, 0.1) is 5.60 Å². The van der Waals surface area contributed by atoms with E-state index in [2.05, 4.69) is 5.32 Å². The molecule has 0 aliphatic carbocycles. The van der Waals surface area contributed by atoms with Crippen molar-refractivity contribution in [2.24, 2.45) is 5.41 Å². The highest BCUT2D eigenvalue weighted by atomic mass is 16.4. The Morgan fingerprint density at radius 1 is 1.21 bits per heavy atom. The second-order valence-corrected chi connectivity index (χ2v) is 4.43. The lowest BCUT2D eigenvalue weighted by atomic mass is 9.92. The molecule has 0 aromatic heterocycles. The Labute approximate surface area is 83.1 Å². The summed E-state index contributed by atoms with van der Waals surface area (Å²) in [5, 5.41) is 20.4. The van der Waals surface area contributed by atoms with Gasteiger partial charge in [-0.3, -0.25) is 9.59 Å². The summed E-state index contributed by atoms with van der Waals surface area (Å²) in [6.45, 7) is 5.72. The van der Waals surface area contributed by atoms with Gasteiger partial charge in [-0.15, -0.1) is 0 Å². The molecule has 1 amide bonds. The van der Waals surface area contributed by atoms with E-state index >= 15 is 0 Å². The number of carboxylic acid groups (broad SMARTS) is 1. The van der Waals surface area contributed by atoms with Crippen molar-refractivity contribution < 1.29 is 19.8 Å². The third-order valence-corrected chi connectivity index (χ3v) is 1.78. The number of hydrogen-bond donors (Lipinski definition) is 3. The third kappa shape index (κ3) is 3.74. The zero-order chi connectivity index (χ0) is 11.6. The van der Waals surface area contributed by atoms with Crippen molar-refractivity contribution in [3.8, 4) is 0 Å². The predicted molar refractivity (Wildman–Crippen MR) is 50.7 cm³/mol. The number of aliphatic hydroxyl groups is 1. The van der Waals surface area contributed by atoms with Gasteiger partial charge < -0.3 is 15.5 Å². The topological polar surface area (TPSA) is 86.6 Å². The molecule has 0 atom stereocenters. The van der Waals surface area contributed by atoms with Crippen LogP contribution in [0, 0.1) is 5.41 Å². The van der Waals surface area contributed by atoms with Gasteiger partial charge in [0.1, 0.15) is 5.41 Å². The molecular weight excluding hydrogens is 186 g/mol. The van der Waals surface area contributed by atoms with E-state index in [-0.39, 0.29) is 6.54 Å². The normalized spacial score (nSPS) is 12.4. The summed E-state index contributed by atoms with van der Waals surface area (Å²) < 4.78 is 0. The molecule has 5 heteroatoms. The zero-order valence-electron chi connectivity index (χ0n) is 8.92. The summed E-state index contributed by atoms with van der Waals surface area (Å²) in [5.74, 6) is -1.79. The van der Waals surface area contributed by atoms with Crippen LogP contribution in [-0.4, -0.2) is 34.2 Å². The molecule has 0 saturated carbocycles. The molecule has 0 unspecified atom stereocenters. The van der Waals surface area contributed by atoms with Gasteiger partial charge in [-0.05, 0) is 27.7 Å². The number of carboxylic acids is 1. The quantitative estimate of drug-likeness (QED) is 0.561. The molecule has 0 saturated heterocycles. The molecule has 0 radical (unpaired) electrons. The number of carbonyl (C=O) groups excluding carboxylic acids is 1. The third-order valence-electron chi connectivity index (χ3n) is 1.78. The largest absolute Gasteiger partial charge is 0.480 e. The number of nitrogens with one attached hydrogen (secondary N) is 1. The molecule has 0 aromatic carbocycles. The van der Waals surface area contributed by atoms with Crippen LogP contribution < -0.4 is 5.32 Å². The molecule has 0 aliphatic heterocycles. The van der Waals surface area contributed by atoms with E-state index < -0.39 is 22.9 Å². The Morgan fingerprint density at radius 3 is 1.93 bits per heavy atom. The van der Waals surface area contributed by atoms with Crippen LogP contribution in [0.4, 0.5) is 0 Å². The summed E-state index contributed by atoms with van der Waals surface area (Å²) in [4.78, 5) is 22.0. The minimum absolute atomic E-state index is 0.0303. The highest BCUT2D eigenvalue weighted by Crippen LogP contribution is 2.15. The van der Waals surface area contributed by atoms with Gasteiger partial charge in [-0.1, -0.05) is 0 Å². The van der Waals surface area contributed by atoms with E-state index in [4.69, 9.17) is 5.11 Å². The Kier molecular flexibility index (Phi) is 3.65. The average molecular weight is 203 g/mol. The van der Waals surface area contributed by atoms with Crippen LogP contribution in [0.2, 0.25) is 0 Å². The minimum Gasteiger partial charge on any atom is -0.480 e. The van der Waals surface area contributed by atoms with E-state index in [0.717, 1.165) is 0 Å². The second kappa shape index (κ2) is 3.96. The van der Waals surface area contributed by atoms with Gasteiger partial charge in [-0.25, -0.2) is 0 Å². The maximum absolute atomic E-state index is 11.3. The first-order valence-corrected chi connectivity index (χ1v) is 4.31. The van der Waals surface area contributed by atoms with Crippen molar-refractivity contribution in [2.45, 2.75) is 33.3 Å². The molecule has 0 rings (SSSR count).